The molecule has 0 aliphatic heterocycles. The molecule has 3 aromatic rings. The van der Waals surface area contributed by atoms with Crippen LogP contribution < -0.4 is 5.56 Å². The second kappa shape index (κ2) is 6.22. The van der Waals surface area contributed by atoms with Gasteiger partial charge in [-0.1, -0.05) is 34.5 Å². The fraction of sp³-hybridized carbons (Fsp3) is 0.333. The number of rotatable bonds is 3. The zero-order valence-corrected chi connectivity index (χ0v) is 15.5. The normalized spacial score (nSPS) is 19.4. The molecule has 3 heterocycles. The lowest BCUT2D eigenvalue weighted by Gasteiger charge is -2.05. The molecule has 2 unspecified atom stereocenters. The Balaban J connectivity index is 1.72. The minimum atomic E-state index is -4.62. The highest BCUT2D eigenvalue weighted by Crippen LogP contribution is 2.47. The van der Waals surface area contributed by atoms with Crippen LogP contribution in [0.25, 0.3) is 9.81 Å². The quantitative estimate of drug-likeness (QED) is 0.584. The first-order valence-electron chi connectivity index (χ1n) is 7.57. The van der Waals surface area contributed by atoms with Gasteiger partial charge in [-0.25, -0.2) is 16.2 Å². The van der Waals surface area contributed by atoms with Crippen molar-refractivity contribution in [1.82, 2.24) is 19.2 Å². The maximum atomic E-state index is 12.7. The van der Waals surface area contributed by atoms with Gasteiger partial charge in [0, 0.05) is 18.6 Å². The van der Waals surface area contributed by atoms with Gasteiger partial charge in [0.2, 0.25) is 6.04 Å². The molecule has 12 heteroatoms. The third-order valence-corrected chi connectivity index (χ3v) is 5.75. The molecule has 2 atom stereocenters. The highest BCUT2D eigenvalue weighted by Gasteiger charge is 2.48. The number of halogens is 5. The van der Waals surface area contributed by atoms with Crippen LogP contribution in [0.2, 0.25) is 9.49 Å². The summed E-state index contributed by atoms with van der Waals surface area (Å²) in [5.74, 6) is -0.107. The van der Waals surface area contributed by atoms with Crippen molar-refractivity contribution in [2.45, 2.75) is 31.1 Å². The zero-order chi connectivity index (χ0) is 19.5. The van der Waals surface area contributed by atoms with E-state index in [2.05, 4.69) is 14.9 Å². The molecular weight excluding hydrogens is 426 g/mol. The summed E-state index contributed by atoms with van der Waals surface area (Å²) in [6, 6.07) is 1.72. The van der Waals surface area contributed by atoms with Gasteiger partial charge in [0.1, 0.15) is 9.49 Å². The summed E-state index contributed by atoms with van der Waals surface area (Å²) in [4.78, 5) is 20.6. The van der Waals surface area contributed by atoms with E-state index in [-0.39, 0.29) is 29.4 Å². The Labute approximate surface area is 163 Å². The van der Waals surface area contributed by atoms with Crippen LogP contribution in [0.15, 0.2) is 16.9 Å². The molecule has 4 rings (SSSR count). The van der Waals surface area contributed by atoms with Crippen molar-refractivity contribution in [2.75, 3.05) is 0 Å². The molecule has 1 aliphatic rings. The highest BCUT2D eigenvalue weighted by atomic mass is 35.5. The number of hydrogen-bond donors (Lipinski definition) is 0. The molecule has 1 aliphatic carbocycles. The van der Waals surface area contributed by atoms with Crippen LogP contribution in [-0.2, 0) is 12.7 Å². The second-order valence-corrected chi connectivity index (χ2v) is 7.98. The fourth-order valence-corrected chi connectivity index (χ4v) is 4.41. The molecule has 0 saturated heterocycles. The SMILES string of the molecule is [C-]#[N+]C1CC1c1c(Cl)sc2nc(Cn3nc(C(F)(F)F)cc3Cl)cc(=O)n12. The summed E-state index contributed by atoms with van der Waals surface area (Å²) < 4.78 is 40.9. The number of fused-ring (bicyclic) bond motifs is 1. The number of thiazole rings is 1. The lowest BCUT2D eigenvalue weighted by molar-refractivity contribution is -0.141. The van der Waals surface area contributed by atoms with Crippen molar-refractivity contribution in [3.8, 4) is 0 Å². The van der Waals surface area contributed by atoms with Crippen molar-refractivity contribution < 1.29 is 13.2 Å². The topological polar surface area (TPSA) is 56.5 Å². The third-order valence-electron chi connectivity index (χ3n) is 4.17. The monoisotopic (exact) mass is 433 g/mol. The van der Waals surface area contributed by atoms with Gasteiger partial charge in [-0.05, 0) is 0 Å². The van der Waals surface area contributed by atoms with E-state index in [9.17, 15) is 18.0 Å². The Kier molecular flexibility index (Phi) is 4.21. The highest BCUT2D eigenvalue weighted by molar-refractivity contribution is 7.21. The average Bonchev–Trinajstić information content (AvgIpc) is 3.13. The molecule has 0 aromatic carbocycles. The van der Waals surface area contributed by atoms with Crippen LogP contribution in [0.4, 0.5) is 13.2 Å². The molecule has 0 radical (unpaired) electrons. The van der Waals surface area contributed by atoms with Gasteiger partial charge < -0.3 is 4.85 Å². The molecule has 0 amide bonds. The number of hydrogen-bond acceptors (Lipinski definition) is 4. The van der Waals surface area contributed by atoms with Crippen LogP contribution in [-0.4, -0.2) is 25.2 Å². The van der Waals surface area contributed by atoms with E-state index in [0.717, 1.165) is 16.0 Å². The van der Waals surface area contributed by atoms with Gasteiger partial charge in [-0.3, -0.25) is 9.20 Å². The molecule has 27 heavy (non-hydrogen) atoms. The number of aromatic nitrogens is 4. The average molecular weight is 434 g/mol. The van der Waals surface area contributed by atoms with E-state index in [4.69, 9.17) is 29.8 Å². The zero-order valence-electron chi connectivity index (χ0n) is 13.2. The standard InChI is InChI=1S/C15H8Cl2F3N5OS/c1-21-8-3-7(8)12-13(17)27-14-22-6(2-11(26)25(12)14)5-24-10(16)4-9(23-24)15(18,19)20/h2,4,7-8H,3,5H2. The molecule has 3 aromatic heterocycles. The van der Waals surface area contributed by atoms with Crippen molar-refractivity contribution >= 4 is 39.5 Å². The van der Waals surface area contributed by atoms with E-state index in [0.29, 0.717) is 27.5 Å². The van der Waals surface area contributed by atoms with E-state index in [1.165, 1.54) is 10.5 Å². The lowest BCUT2D eigenvalue weighted by Crippen LogP contribution is -2.18. The van der Waals surface area contributed by atoms with E-state index in [1.54, 1.807) is 0 Å². The van der Waals surface area contributed by atoms with Gasteiger partial charge in [-0.2, -0.15) is 18.3 Å². The number of nitrogens with zero attached hydrogens (tertiary/aromatic N) is 5. The molecule has 6 nitrogen and oxygen atoms in total. The van der Waals surface area contributed by atoms with Crippen molar-refractivity contribution in [3.63, 3.8) is 0 Å². The Hall–Kier alpha value is -2.09. The Morgan fingerprint density at radius 2 is 2.11 bits per heavy atom. The van der Waals surface area contributed by atoms with Crippen molar-refractivity contribution in [1.29, 1.82) is 0 Å². The molecule has 0 spiro atoms. The van der Waals surface area contributed by atoms with Gasteiger partial charge in [-0.15, -0.1) is 0 Å². The second-order valence-electron chi connectivity index (χ2n) is 6.01. The van der Waals surface area contributed by atoms with Crippen LogP contribution in [0.3, 0.4) is 0 Å². The van der Waals surface area contributed by atoms with E-state index >= 15 is 0 Å². The van der Waals surface area contributed by atoms with Gasteiger partial charge in [0.05, 0.1) is 23.9 Å². The summed E-state index contributed by atoms with van der Waals surface area (Å²) in [5, 5.41) is 3.21. The Morgan fingerprint density at radius 1 is 1.37 bits per heavy atom. The van der Waals surface area contributed by atoms with E-state index < -0.39 is 17.4 Å². The van der Waals surface area contributed by atoms with E-state index in [1.807, 2.05) is 0 Å². The maximum absolute atomic E-state index is 12.7. The van der Waals surface area contributed by atoms with Crippen molar-refractivity contribution in [2.24, 2.45) is 0 Å². The molecule has 0 N–H and O–H groups in total. The summed E-state index contributed by atoms with van der Waals surface area (Å²) in [5.41, 5.74) is -0.757. The minimum Gasteiger partial charge on any atom is -0.313 e. The summed E-state index contributed by atoms with van der Waals surface area (Å²) in [6.45, 7) is 6.90. The van der Waals surface area contributed by atoms with Crippen LogP contribution in [0.5, 0.6) is 0 Å². The maximum Gasteiger partial charge on any atom is 0.435 e. The van der Waals surface area contributed by atoms with Gasteiger partial charge in [0.15, 0.2) is 10.7 Å². The summed E-state index contributed by atoms with van der Waals surface area (Å²) >= 11 is 13.1. The van der Waals surface area contributed by atoms with Crippen LogP contribution in [0.1, 0.15) is 29.4 Å². The number of alkyl halides is 3. The largest absolute Gasteiger partial charge is 0.435 e. The summed E-state index contributed by atoms with van der Waals surface area (Å²) in [6.07, 6.45) is -3.99. The first-order chi connectivity index (χ1) is 12.7. The third kappa shape index (κ3) is 3.20. The predicted octanol–water partition coefficient (Wildman–Crippen LogP) is 4.10. The minimum absolute atomic E-state index is 0.107. The first-order valence-corrected chi connectivity index (χ1v) is 9.14. The molecular formula is C15H8Cl2F3N5OS. The van der Waals surface area contributed by atoms with Crippen molar-refractivity contribution in [3.05, 3.63) is 60.5 Å². The fourth-order valence-electron chi connectivity index (χ4n) is 2.82. The lowest BCUT2D eigenvalue weighted by atomic mass is 10.3. The smallest absolute Gasteiger partial charge is 0.313 e. The van der Waals surface area contributed by atoms with Crippen LogP contribution >= 0.6 is 34.5 Å². The molecule has 1 fully saturated rings. The van der Waals surface area contributed by atoms with Crippen LogP contribution in [0, 0.1) is 6.57 Å². The van der Waals surface area contributed by atoms with Gasteiger partial charge in [0.25, 0.3) is 5.56 Å². The Morgan fingerprint density at radius 3 is 2.70 bits per heavy atom. The molecule has 0 bridgehead atoms. The predicted molar refractivity (Wildman–Crippen MR) is 93.4 cm³/mol. The summed E-state index contributed by atoms with van der Waals surface area (Å²) in [7, 11) is 0. The molecule has 140 valence electrons. The first kappa shape index (κ1) is 18.3. The Bertz CT molecular complexity index is 1160. The van der Waals surface area contributed by atoms with Gasteiger partial charge >= 0.3 is 6.18 Å². The molecule has 1 saturated carbocycles.